The lowest BCUT2D eigenvalue weighted by atomic mass is 9.66. The van der Waals surface area contributed by atoms with Crippen molar-refractivity contribution in [3.05, 3.63) is 132 Å². The molecule has 0 unspecified atom stereocenters. The van der Waals surface area contributed by atoms with Gasteiger partial charge in [-0.3, -0.25) is 0 Å². The summed E-state index contributed by atoms with van der Waals surface area (Å²) in [4.78, 5) is 0. The number of rotatable bonds is 3. The van der Waals surface area contributed by atoms with Gasteiger partial charge >= 0.3 is 0 Å². The fraction of sp³-hybridized carbons (Fsp3) is 0.195. The molecule has 2 aromatic heterocycles. The van der Waals surface area contributed by atoms with E-state index in [4.69, 9.17) is 0 Å². The zero-order valence-electron chi connectivity index (χ0n) is 25.9. The Morgan fingerprint density at radius 2 is 1.19 bits per heavy atom. The summed E-state index contributed by atoms with van der Waals surface area (Å²) < 4.78 is 5.17. The van der Waals surface area contributed by atoms with E-state index in [0.29, 0.717) is 0 Å². The van der Waals surface area contributed by atoms with E-state index in [9.17, 15) is 0 Å². The van der Waals surface area contributed by atoms with Crippen molar-refractivity contribution < 1.29 is 4.57 Å². The second kappa shape index (κ2) is 8.91. The predicted octanol–water partition coefficient (Wildman–Crippen LogP) is 10.2. The summed E-state index contributed by atoms with van der Waals surface area (Å²) in [5.74, 6) is 0. The third kappa shape index (κ3) is 3.44. The van der Waals surface area contributed by atoms with Crippen molar-refractivity contribution >= 4 is 27.3 Å². The minimum Gasteiger partial charge on any atom is -0.223 e. The van der Waals surface area contributed by atoms with Crippen LogP contribution in [-0.4, -0.2) is 4.40 Å². The number of hydrogen-bond acceptors (Lipinski definition) is 0. The highest BCUT2D eigenvalue weighted by molar-refractivity contribution is 6.14. The average molecular weight is 558 g/mol. The molecule has 1 aliphatic rings. The van der Waals surface area contributed by atoms with E-state index >= 15 is 0 Å². The average Bonchev–Trinajstić information content (AvgIpc) is 3.43. The molecule has 0 N–H and O–H groups in total. The smallest absolute Gasteiger partial charge is 0.223 e. The minimum atomic E-state index is -0.167. The standard InChI is InChI=1S/C41H37N2/c1-26-23-33-32-21-14-22-34-38(32)39-42(41(5,6)40(34,3)4)25-36(43(39)35(33)24-27(26)2)37-30(28-15-9-7-10-16-28)19-13-20-31(37)29-17-11-8-12-18-29/h7-25H,1-6H3/q+1. The van der Waals surface area contributed by atoms with Gasteiger partial charge < -0.3 is 0 Å². The highest BCUT2D eigenvalue weighted by Gasteiger charge is 2.51. The Morgan fingerprint density at radius 3 is 1.81 bits per heavy atom. The zero-order chi connectivity index (χ0) is 29.7. The number of benzene rings is 5. The van der Waals surface area contributed by atoms with Gasteiger partial charge in [-0.1, -0.05) is 111 Å². The molecule has 0 aliphatic carbocycles. The summed E-state index contributed by atoms with van der Waals surface area (Å²) in [6, 6.07) is 40.3. The fourth-order valence-electron chi connectivity index (χ4n) is 7.46. The molecule has 0 bridgehead atoms. The van der Waals surface area contributed by atoms with Crippen LogP contribution in [0.15, 0.2) is 115 Å². The summed E-state index contributed by atoms with van der Waals surface area (Å²) in [7, 11) is 0. The van der Waals surface area contributed by atoms with Gasteiger partial charge in [0.2, 0.25) is 0 Å². The van der Waals surface area contributed by atoms with Crippen LogP contribution in [0.4, 0.5) is 0 Å². The molecular weight excluding hydrogens is 520 g/mol. The van der Waals surface area contributed by atoms with E-state index in [1.165, 1.54) is 77.5 Å². The number of imidazole rings is 1. The molecule has 1 aliphatic heterocycles. The first kappa shape index (κ1) is 26.0. The summed E-state index contributed by atoms with van der Waals surface area (Å²) in [6.07, 6.45) is 2.45. The summed E-state index contributed by atoms with van der Waals surface area (Å²) in [6.45, 7) is 14.1. The number of hydrogen-bond donors (Lipinski definition) is 0. The molecule has 0 atom stereocenters. The van der Waals surface area contributed by atoms with Crippen molar-refractivity contribution in [1.82, 2.24) is 4.40 Å². The molecule has 0 radical (unpaired) electrons. The highest BCUT2D eigenvalue weighted by atomic mass is 15.2. The molecule has 8 rings (SSSR count). The molecule has 3 heterocycles. The molecule has 0 saturated heterocycles. The van der Waals surface area contributed by atoms with Crippen LogP contribution >= 0.6 is 0 Å². The molecule has 2 nitrogen and oxygen atoms in total. The van der Waals surface area contributed by atoms with Crippen molar-refractivity contribution in [3.8, 4) is 33.5 Å². The summed E-state index contributed by atoms with van der Waals surface area (Å²) >= 11 is 0. The lowest BCUT2D eigenvalue weighted by Gasteiger charge is -2.42. The van der Waals surface area contributed by atoms with E-state index in [1.807, 2.05) is 0 Å². The van der Waals surface area contributed by atoms with E-state index in [-0.39, 0.29) is 11.0 Å². The van der Waals surface area contributed by atoms with Crippen molar-refractivity contribution in [2.75, 3.05) is 0 Å². The normalized spacial score (nSPS) is 15.1. The van der Waals surface area contributed by atoms with Crippen LogP contribution < -0.4 is 4.57 Å². The van der Waals surface area contributed by atoms with E-state index in [1.54, 1.807) is 0 Å². The number of nitrogens with zero attached hydrogens (tertiary/aromatic N) is 2. The van der Waals surface area contributed by atoms with E-state index in [2.05, 4.69) is 166 Å². The molecule has 0 spiro atoms. The number of aromatic nitrogens is 2. The lowest BCUT2D eigenvalue weighted by molar-refractivity contribution is -0.744. The lowest BCUT2D eigenvalue weighted by Crippen LogP contribution is -2.63. The summed E-state index contributed by atoms with van der Waals surface area (Å²) in [5, 5.41) is 4.02. The Hall–Kier alpha value is -4.69. The van der Waals surface area contributed by atoms with Gasteiger partial charge in [-0.15, -0.1) is 0 Å². The van der Waals surface area contributed by atoms with Crippen LogP contribution in [0.5, 0.6) is 0 Å². The molecule has 2 heteroatoms. The van der Waals surface area contributed by atoms with Crippen LogP contribution in [-0.2, 0) is 11.0 Å². The molecule has 0 amide bonds. The molecular formula is C41H37N2+. The third-order valence-corrected chi connectivity index (χ3v) is 10.7. The fourth-order valence-corrected chi connectivity index (χ4v) is 7.46. The quantitative estimate of drug-likeness (QED) is 0.151. The molecule has 0 fully saturated rings. The van der Waals surface area contributed by atoms with Crippen LogP contribution in [0.3, 0.4) is 0 Å². The largest absolute Gasteiger partial charge is 0.296 e. The first-order chi connectivity index (χ1) is 20.7. The van der Waals surface area contributed by atoms with Crippen molar-refractivity contribution in [1.29, 1.82) is 0 Å². The summed E-state index contributed by atoms with van der Waals surface area (Å²) in [5.41, 5.74) is 13.8. The number of aryl methyl sites for hydroxylation is 2. The van der Waals surface area contributed by atoms with Crippen molar-refractivity contribution in [2.24, 2.45) is 0 Å². The number of fused-ring (bicyclic) bond motifs is 3. The van der Waals surface area contributed by atoms with Gasteiger partial charge in [0.15, 0.2) is 5.69 Å². The van der Waals surface area contributed by atoms with Gasteiger partial charge in [0, 0.05) is 21.8 Å². The first-order valence-electron chi connectivity index (χ1n) is 15.4. The topological polar surface area (TPSA) is 8.29 Å². The van der Waals surface area contributed by atoms with Crippen molar-refractivity contribution in [3.63, 3.8) is 0 Å². The molecule has 5 aromatic carbocycles. The van der Waals surface area contributed by atoms with Crippen LogP contribution in [0.2, 0.25) is 0 Å². The van der Waals surface area contributed by atoms with Gasteiger partial charge in [0.05, 0.1) is 5.39 Å². The van der Waals surface area contributed by atoms with Gasteiger partial charge in [-0.2, -0.15) is 4.40 Å². The van der Waals surface area contributed by atoms with Gasteiger partial charge in [-0.05, 0) is 78.8 Å². The monoisotopic (exact) mass is 557 g/mol. The molecule has 0 saturated carbocycles. The Labute approximate surface area is 253 Å². The van der Waals surface area contributed by atoms with Gasteiger partial charge in [0.1, 0.15) is 17.3 Å². The maximum atomic E-state index is 2.59. The molecule has 43 heavy (non-hydrogen) atoms. The van der Waals surface area contributed by atoms with E-state index in [0.717, 1.165) is 0 Å². The second-order valence-corrected chi connectivity index (χ2v) is 13.4. The maximum Gasteiger partial charge on any atom is 0.296 e. The van der Waals surface area contributed by atoms with Crippen LogP contribution in [0, 0.1) is 13.8 Å². The van der Waals surface area contributed by atoms with Gasteiger partial charge in [-0.25, -0.2) is 4.57 Å². The van der Waals surface area contributed by atoms with Crippen LogP contribution in [0.25, 0.3) is 60.8 Å². The van der Waals surface area contributed by atoms with Crippen molar-refractivity contribution in [2.45, 2.75) is 52.5 Å². The molecule has 210 valence electrons. The third-order valence-electron chi connectivity index (χ3n) is 10.7. The zero-order valence-corrected chi connectivity index (χ0v) is 25.9. The molecule has 7 aromatic rings. The first-order valence-corrected chi connectivity index (χ1v) is 15.4. The maximum absolute atomic E-state index is 2.59. The predicted molar refractivity (Wildman–Crippen MR) is 181 cm³/mol. The van der Waals surface area contributed by atoms with Gasteiger partial charge in [0.25, 0.3) is 5.65 Å². The Morgan fingerprint density at radius 1 is 0.605 bits per heavy atom. The Balaban J connectivity index is 1.65. The minimum absolute atomic E-state index is 0.0854. The second-order valence-electron chi connectivity index (χ2n) is 13.4. The van der Waals surface area contributed by atoms with E-state index < -0.39 is 0 Å². The Kier molecular flexibility index (Phi) is 5.38. The van der Waals surface area contributed by atoms with Crippen LogP contribution in [0.1, 0.15) is 44.4 Å². The number of pyridine rings is 1. The SMILES string of the molecule is Cc1cc2c3cccc4c3c3n(c(-c5c(-c6ccccc6)cccc5-c5ccccc5)c[n+]3C(C)(C)C4(C)C)c2cc1C. The highest BCUT2D eigenvalue weighted by Crippen LogP contribution is 2.49. The Bertz CT molecular complexity index is 2170.